The average molecular weight is 371 g/mol. The van der Waals surface area contributed by atoms with Gasteiger partial charge in [-0.1, -0.05) is 6.07 Å². The number of hydrogen-bond donors (Lipinski definition) is 2. The highest BCUT2D eigenvalue weighted by Gasteiger charge is 2.28. The Labute approximate surface area is 151 Å². The van der Waals surface area contributed by atoms with Crippen molar-refractivity contribution in [3.63, 3.8) is 0 Å². The molecule has 0 saturated heterocycles. The predicted octanol–water partition coefficient (Wildman–Crippen LogP) is 2.02. The third-order valence-corrected chi connectivity index (χ3v) is 5.20. The Morgan fingerprint density at radius 3 is 2.58 bits per heavy atom. The maximum atomic E-state index is 12.2. The van der Waals surface area contributed by atoms with Crippen molar-refractivity contribution in [2.45, 2.75) is 23.8 Å². The minimum atomic E-state index is -3.58. The van der Waals surface area contributed by atoms with Crippen LogP contribution in [0.15, 0.2) is 53.4 Å². The van der Waals surface area contributed by atoms with Crippen LogP contribution >= 0.6 is 0 Å². The number of carbonyl (C=O) groups excluding carboxylic acids is 1. The van der Waals surface area contributed by atoms with Crippen molar-refractivity contribution in [1.82, 2.24) is 4.72 Å². The number of nitriles is 1. The second-order valence-corrected chi connectivity index (χ2v) is 7.61. The van der Waals surface area contributed by atoms with E-state index in [-0.39, 0.29) is 17.5 Å². The Morgan fingerprint density at radius 1 is 1.19 bits per heavy atom. The zero-order chi connectivity index (χ0) is 18.6. The molecule has 134 valence electrons. The molecule has 0 aromatic heterocycles. The van der Waals surface area contributed by atoms with Crippen molar-refractivity contribution < 1.29 is 17.9 Å². The van der Waals surface area contributed by atoms with E-state index >= 15 is 0 Å². The lowest BCUT2D eigenvalue weighted by atomic mass is 10.2. The van der Waals surface area contributed by atoms with Crippen LogP contribution in [0, 0.1) is 11.3 Å². The van der Waals surface area contributed by atoms with E-state index < -0.39 is 15.9 Å². The van der Waals surface area contributed by atoms with E-state index in [1.807, 2.05) is 6.07 Å². The summed E-state index contributed by atoms with van der Waals surface area (Å²) in [6.45, 7) is -0.233. The quantitative estimate of drug-likeness (QED) is 0.774. The van der Waals surface area contributed by atoms with Gasteiger partial charge in [0.05, 0.1) is 16.5 Å². The molecular formula is C18H17N3O4S. The molecular weight excluding hydrogens is 354 g/mol. The summed E-state index contributed by atoms with van der Waals surface area (Å²) in [6, 6.07) is 14.5. The number of anilines is 1. The number of rotatable bonds is 7. The third kappa shape index (κ3) is 4.81. The smallest absolute Gasteiger partial charge is 0.262 e. The first-order valence-electron chi connectivity index (χ1n) is 8.01. The Bertz CT molecular complexity index is 945. The molecule has 26 heavy (non-hydrogen) atoms. The number of amides is 1. The fourth-order valence-corrected chi connectivity index (χ4v) is 3.55. The lowest BCUT2D eigenvalue weighted by Crippen LogP contribution is -2.26. The number of nitrogens with zero attached hydrogens (tertiary/aromatic N) is 1. The van der Waals surface area contributed by atoms with Gasteiger partial charge in [-0.3, -0.25) is 4.79 Å². The topological polar surface area (TPSA) is 108 Å². The SMILES string of the molecule is N#Cc1ccc(OCC(=O)Nc2cccc(S(=O)(=O)NC3CC3)c2)cc1. The van der Waals surface area contributed by atoms with Gasteiger partial charge >= 0.3 is 0 Å². The molecule has 1 amide bonds. The van der Waals surface area contributed by atoms with Gasteiger partial charge in [0, 0.05) is 11.7 Å². The molecule has 0 radical (unpaired) electrons. The Hall–Kier alpha value is -2.89. The van der Waals surface area contributed by atoms with Crippen molar-refractivity contribution >= 4 is 21.6 Å². The summed E-state index contributed by atoms with van der Waals surface area (Å²) in [6.07, 6.45) is 1.70. The number of carbonyl (C=O) groups is 1. The van der Waals surface area contributed by atoms with E-state index in [4.69, 9.17) is 10.00 Å². The van der Waals surface area contributed by atoms with Gasteiger partial charge in [0.15, 0.2) is 6.61 Å². The first kappa shape index (κ1) is 17.9. The van der Waals surface area contributed by atoms with Crippen molar-refractivity contribution in [1.29, 1.82) is 5.26 Å². The van der Waals surface area contributed by atoms with Crippen molar-refractivity contribution in [3.05, 3.63) is 54.1 Å². The van der Waals surface area contributed by atoms with Crippen LogP contribution in [0.5, 0.6) is 5.75 Å². The average Bonchev–Trinajstić information content (AvgIpc) is 3.44. The Balaban J connectivity index is 1.58. The molecule has 2 N–H and O–H groups in total. The minimum absolute atomic E-state index is 0.0130. The fourth-order valence-electron chi connectivity index (χ4n) is 2.20. The van der Waals surface area contributed by atoms with Gasteiger partial charge in [-0.05, 0) is 55.3 Å². The number of benzene rings is 2. The van der Waals surface area contributed by atoms with Crippen LogP contribution in [-0.4, -0.2) is 27.0 Å². The summed E-state index contributed by atoms with van der Waals surface area (Å²) in [4.78, 5) is 12.1. The van der Waals surface area contributed by atoms with Crippen LogP contribution in [0.3, 0.4) is 0 Å². The molecule has 0 atom stereocenters. The molecule has 1 fully saturated rings. The van der Waals surface area contributed by atoms with E-state index in [1.165, 1.54) is 12.1 Å². The van der Waals surface area contributed by atoms with Gasteiger partial charge in [0.25, 0.3) is 5.91 Å². The Kier molecular flexibility index (Phi) is 5.21. The van der Waals surface area contributed by atoms with Gasteiger partial charge in [-0.25, -0.2) is 13.1 Å². The lowest BCUT2D eigenvalue weighted by Gasteiger charge is -2.10. The van der Waals surface area contributed by atoms with E-state index in [0.717, 1.165) is 12.8 Å². The molecule has 8 heteroatoms. The first-order valence-corrected chi connectivity index (χ1v) is 9.50. The van der Waals surface area contributed by atoms with Crippen molar-refractivity contribution in [3.8, 4) is 11.8 Å². The minimum Gasteiger partial charge on any atom is -0.484 e. The zero-order valence-corrected chi connectivity index (χ0v) is 14.6. The zero-order valence-electron chi connectivity index (χ0n) is 13.8. The molecule has 2 aromatic rings. The van der Waals surface area contributed by atoms with Crippen LogP contribution in [0.4, 0.5) is 5.69 Å². The monoisotopic (exact) mass is 371 g/mol. The fraction of sp³-hybridized carbons (Fsp3) is 0.222. The van der Waals surface area contributed by atoms with E-state index in [0.29, 0.717) is 17.0 Å². The second kappa shape index (κ2) is 7.56. The molecule has 7 nitrogen and oxygen atoms in total. The second-order valence-electron chi connectivity index (χ2n) is 5.90. The molecule has 0 spiro atoms. The number of sulfonamides is 1. The van der Waals surface area contributed by atoms with E-state index in [1.54, 1.807) is 36.4 Å². The van der Waals surface area contributed by atoms with Crippen molar-refractivity contribution in [2.75, 3.05) is 11.9 Å². The molecule has 1 aliphatic carbocycles. The summed E-state index contributed by atoms with van der Waals surface area (Å²) in [5.74, 6) is 0.0446. The highest BCUT2D eigenvalue weighted by Crippen LogP contribution is 2.23. The highest BCUT2D eigenvalue weighted by atomic mass is 32.2. The summed E-state index contributed by atoms with van der Waals surface area (Å²) >= 11 is 0. The van der Waals surface area contributed by atoms with Gasteiger partial charge in [-0.2, -0.15) is 5.26 Å². The molecule has 0 unspecified atom stereocenters. The number of ether oxygens (including phenoxy) is 1. The van der Waals surface area contributed by atoms with Crippen molar-refractivity contribution in [2.24, 2.45) is 0 Å². The third-order valence-electron chi connectivity index (χ3n) is 3.68. The highest BCUT2D eigenvalue weighted by molar-refractivity contribution is 7.89. The molecule has 1 saturated carbocycles. The van der Waals surface area contributed by atoms with Gasteiger partial charge in [-0.15, -0.1) is 0 Å². The first-order chi connectivity index (χ1) is 12.5. The molecule has 0 aliphatic heterocycles. The molecule has 0 heterocycles. The predicted molar refractivity (Wildman–Crippen MR) is 95.1 cm³/mol. The van der Waals surface area contributed by atoms with Crippen LogP contribution in [0.25, 0.3) is 0 Å². The summed E-state index contributed by atoms with van der Waals surface area (Å²) < 4.78 is 32.4. The lowest BCUT2D eigenvalue weighted by molar-refractivity contribution is -0.118. The van der Waals surface area contributed by atoms with Crippen LogP contribution < -0.4 is 14.8 Å². The van der Waals surface area contributed by atoms with Crippen LogP contribution in [0.1, 0.15) is 18.4 Å². The molecule has 0 bridgehead atoms. The number of hydrogen-bond acceptors (Lipinski definition) is 5. The maximum absolute atomic E-state index is 12.2. The van der Waals surface area contributed by atoms with Crippen LogP contribution in [0.2, 0.25) is 0 Å². The molecule has 2 aromatic carbocycles. The Morgan fingerprint density at radius 2 is 1.92 bits per heavy atom. The van der Waals surface area contributed by atoms with Crippen LogP contribution in [-0.2, 0) is 14.8 Å². The standard InChI is InChI=1S/C18H17N3O4S/c19-11-13-4-8-16(9-5-13)25-12-18(22)20-15-2-1-3-17(10-15)26(23,24)21-14-6-7-14/h1-5,8-10,14,21H,6-7,12H2,(H,20,22). The van der Waals surface area contributed by atoms with E-state index in [2.05, 4.69) is 10.0 Å². The molecule has 1 aliphatic rings. The largest absolute Gasteiger partial charge is 0.484 e. The number of nitrogens with one attached hydrogen (secondary N) is 2. The summed E-state index contributed by atoms with van der Waals surface area (Å²) in [5.41, 5.74) is 0.872. The summed E-state index contributed by atoms with van der Waals surface area (Å²) in [7, 11) is -3.58. The summed E-state index contributed by atoms with van der Waals surface area (Å²) in [5, 5.41) is 11.3. The van der Waals surface area contributed by atoms with Gasteiger partial charge in [0.1, 0.15) is 5.75 Å². The normalized spacial score (nSPS) is 13.7. The van der Waals surface area contributed by atoms with Gasteiger partial charge < -0.3 is 10.1 Å². The molecule has 3 rings (SSSR count). The van der Waals surface area contributed by atoms with E-state index in [9.17, 15) is 13.2 Å². The maximum Gasteiger partial charge on any atom is 0.262 e. The van der Waals surface area contributed by atoms with Gasteiger partial charge in [0.2, 0.25) is 10.0 Å².